The zero-order valence-corrected chi connectivity index (χ0v) is 27.8. The Labute approximate surface area is 265 Å². The highest BCUT2D eigenvalue weighted by Crippen LogP contribution is 2.51. The molecule has 10 nitrogen and oxygen atoms in total. The summed E-state index contributed by atoms with van der Waals surface area (Å²) in [4.78, 5) is 31.5. The van der Waals surface area contributed by atoms with E-state index >= 15 is 0 Å². The van der Waals surface area contributed by atoms with Crippen molar-refractivity contribution in [1.29, 1.82) is 0 Å². The van der Waals surface area contributed by atoms with E-state index in [0.717, 1.165) is 31.4 Å². The van der Waals surface area contributed by atoms with Crippen LogP contribution in [0.2, 0.25) is 0 Å². The van der Waals surface area contributed by atoms with Crippen LogP contribution >= 0.6 is 10.0 Å². The minimum absolute atomic E-state index is 0.0120. The van der Waals surface area contributed by atoms with E-state index in [1.165, 1.54) is 12.3 Å². The first-order chi connectivity index (χ1) is 21.4. The molecule has 0 aliphatic heterocycles. The summed E-state index contributed by atoms with van der Waals surface area (Å²) in [5.74, 6) is 0.799. The highest BCUT2D eigenvalue weighted by atomic mass is 32.3. The second-order valence-electron chi connectivity index (χ2n) is 13.1. The van der Waals surface area contributed by atoms with Gasteiger partial charge in [-0.15, -0.1) is 0 Å². The lowest BCUT2D eigenvalue weighted by Crippen LogP contribution is -2.50. The third-order valence-electron chi connectivity index (χ3n) is 8.66. The highest BCUT2D eigenvalue weighted by Gasteiger charge is 2.48. The van der Waals surface area contributed by atoms with Crippen LogP contribution in [0.4, 0.5) is 14.6 Å². The summed E-state index contributed by atoms with van der Waals surface area (Å²) in [6, 6.07) is 2.03. The van der Waals surface area contributed by atoms with Gasteiger partial charge in [0.15, 0.2) is 0 Å². The maximum Gasteiger partial charge on any atom is 0.270 e. The maximum absolute atomic E-state index is 14.5. The number of hydrogen-bond acceptors (Lipinski definition) is 6. The molecule has 45 heavy (non-hydrogen) atoms. The number of aryl methyl sites for hydroxylation is 2. The second-order valence-corrected chi connectivity index (χ2v) is 17.6. The van der Waals surface area contributed by atoms with Crippen LogP contribution in [-0.2, 0) is 22.8 Å². The summed E-state index contributed by atoms with van der Waals surface area (Å²) >= 11 is 0. The van der Waals surface area contributed by atoms with Gasteiger partial charge in [-0.2, -0.15) is 10.2 Å². The average Bonchev–Trinajstić information content (AvgIpc) is 3.92. The smallest absolute Gasteiger partial charge is 0.270 e. The van der Waals surface area contributed by atoms with Gasteiger partial charge in [0.05, 0.1) is 12.3 Å². The van der Waals surface area contributed by atoms with E-state index in [0.29, 0.717) is 47.6 Å². The van der Waals surface area contributed by atoms with Gasteiger partial charge in [0.1, 0.15) is 24.3 Å². The van der Waals surface area contributed by atoms with Crippen molar-refractivity contribution in [1.82, 2.24) is 29.9 Å². The summed E-state index contributed by atoms with van der Waals surface area (Å²) < 4.78 is 38.1. The number of rotatable bonds is 15. The molecule has 1 atom stereocenters. The minimum atomic E-state index is -2.82. The number of pyridine rings is 1. The van der Waals surface area contributed by atoms with Gasteiger partial charge in [0.2, 0.25) is 5.91 Å². The quantitative estimate of drug-likeness (QED) is 0.209. The summed E-state index contributed by atoms with van der Waals surface area (Å²) in [6.07, 6.45) is 10.8. The molecule has 2 saturated carbocycles. The molecule has 5 rings (SSSR count). The number of amides is 2. The van der Waals surface area contributed by atoms with Crippen LogP contribution in [0.5, 0.6) is 0 Å². The normalized spacial score (nSPS) is 16.3. The average molecular weight is 646 g/mol. The van der Waals surface area contributed by atoms with Crippen LogP contribution in [0.15, 0.2) is 24.5 Å². The summed E-state index contributed by atoms with van der Waals surface area (Å²) in [5.41, 5.74) is 2.23. The highest BCUT2D eigenvalue weighted by molar-refractivity contribution is 8.32. The molecule has 2 aliphatic carbocycles. The Kier molecular flexibility index (Phi) is 9.97. The molecule has 0 bridgehead atoms. The Balaban J connectivity index is 1.37. The molecule has 3 aromatic heterocycles. The van der Waals surface area contributed by atoms with Crippen molar-refractivity contribution < 1.29 is 23.1 Å². The van der Waals surface area contributed by atoms with Gasteiger partial charge in [-0.05, 0) is 95.1 Å². The van der Waals surface area contributed by atoms with Gasteiger partial charge in [-0.25, -0.2) is 28.5 Å². The predicted octanol–water partition coefficient (Wildman–Crippen LogP) is 5.56. The fourth-order valence-corrected chi connectivity index (χ4v) is 6.64. The molecular weight excluding hydrogens is 600 g/mol. The molecule has 246 valence electrons. The van der Waals surface area contributed by atoms with Crippen molar-refractivity contribution >= 4 is 27.7 Å². The van der Waals surface area contributed by atoms with Crippen LogP contribution in [0.25, 0.3) is 11.1 Å². The lowest BCUT2D eigenvalue weighted by Gasteiger charge is -2.27. The van der Waals surface area contributed by atoms with Crippen molar-refractivity contribution in [2.75, 3.05) is 36.4 Å². The summed E-state index contributed by atoms with van der Waals surface area (Å²) in [5, 5.41) is 14.5. The molecule has 0 saturated heterocycles. The third-order valence-corrected chi connectivity index (χ3v) is 10.1. The number of ether oxygens (including phenoxy) is 1. The monoisotopic (exact) mass is 645 g/mol. The number of carbonyl (C=O) groups is 2. The molecule has 2 fully saturated rings. The fraction of sp³-hybridized carbons (Fsp3) is 0.594. The van der Waals surface area contributed by atoms with E-state index in [9.17, 15) is 18.4 Å². The standard InChI is InChI=1S/C32H45F2N7O3S/c1-7-40-25(12-13-36-40)31(42)38-29(28(21-8-9-21)22-10-11-22)32(43)37-26-16-23(30(33)34)24(17-35-26)27-19(2)39-41(20(27)3)18-44-14-15-45(4,5)6/h12-13,16-17,21-22,28-30H,7-11,14-15,18H2,1-6H3,(H,38,42)(H,35,37,43). The molecule has 2 aliphatic rings. The summed E-state index contributed by atoms with van der Waals surface area (Å²) in [6.45, 7) is 6.82. The van der Waals surface area contributed by atoms with Crippen molar-refractivity contribution in [3.63, 3.8) is 0 Å². The molecule has 3 aromatic rings. The van der Waals surface area contributed by atoms with E-state index in [1.807, 2.05) is 13.8 Å². The molecule has 2 amide bonds. The number of carbonyl (C=O) groups excluding carboxylic acids is 2. The van der Waals surface area contributed by atoms with Crippen LogP contribution < -0.4 is 10.6 Å². The zero-order valence-electron chi connectivity index (χ0n) is 27.0. The molecule has 2 N–H and O–H groups in total. The first-order valence-electron chi connectivity index (χ1n) is 15.6. The van der Waals surface area contributed by atoms with Gasteiger partial charge < -0.3 is 15.4 Å². The molecule has 0 radical (unpaired) electrons. The van der Waals surface area contributed by atoms with E-state index in [-0.39, 0.29) is 35.5 Å². The largest absolute Gasteiger partial charge is 0.358 e. The lowest BCUT2D eigenvalue weighted by molar-refractivity contribution is -0.119. The van der Waals surface area contributed by atoms with Crippen molar-refractivity contribution in [2.45, 2.75) is 72.2 Å². The number of alkyl halides is 2. The van der Waals surface area contributed by atoms with Crippen molar-refractivity contribution in [3.8, 4) is 11.1 Å². The van der Waals surface area contributed by atoms with Crippen molar-refractivity contribution in [3.05, 3.63) is 47.2 Å². The van der Waals surface area contributed by atoms with Gasteiger partial charge in [0.25, 0.3) is 12.3 Å². The first kappa shape index (κ1) is 33.1. The first-order valence-corrected chi connectivity index (χ1v) is 18.6. The number of aromatic nitrogens is 5. The zero-order chi connectivity index (χ0) is 32.5. The Morgan fingerprint density at radius 3 is 2.40 bits per heavy atom. The maximum atomic E-state index is 14.5. The minimum Gasteiger partial charge on any atom is -0.358 e. The summed E-state index contributed by atoms with van der Waals surface area (Å²) in [7, 11) is -0.695. The number of anilines is 1. The number of nitrogens with one attached hydrogen (secondary N) is 2. The SMILES string of the molecule is CCn1nccc1C(=O)NC(C(=O)Nc1cc(C(F)F)c(-c2c(C)nn(COCCS(C)(C)C)c2C)cn1)C(C1CC1)C1CC1. The van der Waals surface area contributed by atoms with Crippen LogP contribution in [0.1, 0.15) is 66.5 Å². The molecule has 13 heteroatoms. The molecular formula is C32H45F2N7O3S. The second kappa shape index (κ2) is 13.6. The molecule has 0 spiro atoms. The van der Waals surface area contributed by atoms with Gasteiger partial charge >= 0.3 is 0 Å². The molecule has 1 unspecified atom stereocenters. The number of hydrogen-bond donors (Lipinski definition) is 2. The van der Waals surface area contributed by atoms with E-state index in [4.69, 9.17) is 4.74 Å². The van der Waals surface area contributed by atoms with Crippen LogP contribution in [-0.4, -0.2) is 73.5 Å². The fourth-order valence-electron chi connectivity index (χ4n) is 6.03. The van der Waals surface area contributed by atoms with Crippen LogP contribution in [0.3, 0.4) is 0 Å². The van der Waals surface area contributed by atoms with Gasteiger partial charge in [0, 0.05) is 47.1 Å². The topological polar surface area (TPSA) is 116 Å². The third kappa shape index (κ3) is 7.92. The Bertz CT molecular complexity index is 1510. The van der Waals surface area contributed by atoms with Gasteiger partial charge in [-0.3, -0.25) is 14.3 Å². The Hall–Kier alpha value is -3.32. The molecule has 0 aromatic carbocycles. The Morgan fingerprint density at radius 2 is 1.80 bits per heavy atom. The number of nitrogens with zero attached hydrogens (tertiary/aromatic N) is 5. The Morgan fingerprint density at radius 1 is 1.11 bits per heavy atom. The molecule has 3 heterocycles. The number of halogens is 2. The van der Waals surface area contributed by atoms with Crippen molar-refractivity contribution in [2.24, 2.45) is 17.8 Å². The van der Waals surface area contributed by atoms with E-state index in [2.05, 4.69) is 44.6 Å². The lowest BCUT2D eigenvalue weighted by atomic mass is 9.88. The van der Waals surface area contributed by atoms with E-state index in [1.54, 1.807) is 28.6 Å². The predicted molar refractivity (Wildman–Crippen MR) is 173 cm³/mol. The van der Waals surface area contributed by atoms with Crippen LogP contribution in [0, 0.1) is 31.6 Å². The van der Waals surface area contributed by atoms with Gasteiger partial charge in [-0.1, -0.05) is 0 Å². The van der Waals surface area contributed by atoms with E-state index < -0.39 is 28.4 Å².